The molecule has 1 fully saturated rings. The number of aromatic nitrogens is 1. The second kappa shape index (κ2) is 6.79. The van der Waals surface area contributed by atoms with Crippen LogP contribution in [0.15, 0.2) is 48.7 Å². The molecule has 1 atom stereocenters. The monoisotopic (exact) mass is 310 g/mol. The molecule has 2 N–H and O–H groups in total. The van der Waals surface area contributed by atoms with Crippen molar-refractivity contribution in [3.63, 3.8) is 0 Å². The maximum absolute atomic E-state index is 12.7. The van der Waals surface area contributed by atoms with Gasteiger partial charge >= 0.3 is 0 Å². The summed E-state index contributed by atoms with van der Waals surface area (Å²) < 4.78 is 0. The first-order valence-corrected chi connectivity index (χ1v) is 7.87. The first-order valence-electron chi connectivity index (χ1n) is 7.87. The Labute approximate surface area is 136 Å². The van der Waals surface area contributed by atoms with Gasteiger partial charge in [0.05, 0.1) is 6.04 Å². The van der Waals surface area contributed by atoms with Gasteiger partial charge in [-0.25, -0.2) is 4.98 Å². The SMILES string of the molecule is CN(Cc1ccnc(N)c1)[C@H]1CCN(Cc2ccccc2)C1=O. The largest absolute Gasteiger partial charge is 0.384 e. The van der Waals surface area contributed by atoms with Gasteiger partial charge in [0.1, 0.15) is 5.82 Å². The van der Waals surface area contributed by atoms with Crippen molar-refractivity contribution in [2.45, 2.75) is 25.6 Å². The fourth-order valence-electron chi connectivity index (χ4n) is 3.08. The van der Waals surface area contributed by atoms with E-state index in [2.05, 4.69) is 22.0 Å². The summed E-state index contributed by atoms with van der Waals surface area (Å²) in [6.45, 7) is 2.19. The number of hydrogen-bond donors (Lipinski definition) is 1. The molecule has 2 heterocycles. The first kappa shape index (κ1) is 15.5. The number of likely N-dealkylation sites (N-methyl/N-ethyl adjacent to an activating group) is 1. The summed E-state index contributed by atoms with van der Waals surface area (Å²) in [5.41, 5.74) is 7.97. The highest BCUT2D eigenvalue weighted by atomic mass is 16.2. The highest BCUT2D eigenvalue weighted by Gasteiger charge is 2.34. The standard InChI is InChI=1S/C18H22N4O/c1-21(12-15-7-9-20-17(19)11-15)16-8-10-22(18(16)23)13-14-5-3-2-4-6-14/h2-7,9,11,16H,8,10,12-13H2,1H3,(H2,19,20)/t16-/m0/s1. The normalized spacial score (nSPS) is 17.9. The minimum absolute atomic E-state index is 0.0619. The molecule has 1 saturated heterocycles. The Morgan fingerprint density at radius 3 is 2.78 bits per heavy atom. The molecule has 1 aromatic carbocycles. The fraction of sp³-hybridized carbons (Fsp3) is 0.333. The van der Waals surface area contributed by atoms with Gasteiger partial charge in [-0.1, -0.05) is 30.3 Å². The molecule has 120 valence electrons. The average molecular weight is 310 g/mol. The van der Waals surface area contributed by atoms with Gasteiger partial charge in [0, 0.05) is 25.8 Å². The van der Waals surface area contributed by atoms with Gasteiger partial charge in [-0.05, 0) is 36.7 Å². The number of carbonyl (C=O) groups excluding carboxylic acids is 1. The lowest BCUT2D eigenvalue weighted by Gasteiger charge is -2.24. The third kappa shape index (κ3) is 3.68. The smallest absolute Gasteiger partial charge is 0.240 e. The Morgan fingerprint density at radius 2 is 2.04 bits per heavy atom. The molecule has 0 aliphatic carbocycles. The van der Waals surface area contributed by atoms with Crippen LogP contribution in [0.4, 0.5) is 5.82 Å². The van der Waals surface area contributed by atoms with Crippen LogP contribution in [-0.4, -0.2) is 40.3 Å². The molecule has 0 bridgehead atoms. The third-order valence-corrected chi connectivity index (χ3v) is 4.29. The van der Waals surface area contributed by atoms with E-state index in [9.17, 15) is 4.79 Å². The van der Waals surface area contributed by atoms with Gasteiger partial charge in [0.15, 0.2) is 0 Å². The maximum atomic E-state index is 12.7. The zero-order chi connectivity index (χ0) is 16.2. The van der Waals surface area contributed by atoms with Crippen molar-refractivity contribution in [3.05, 3.63) is 59.8 Å². The van der Waals surface area contributed by atoms with Crippen LogP contribution >= 0.6 is 0 Å². The topological polar surface area (TPSA) is 62.5 Å². The Kier molecular flexibility index (Phi) is 4.57. The highest BCUT2D eigenvalue weighted by molar-refractivity contribution is 5.83. The van der Waals surface area contributed by atoms with E-state index in [4.69, 9.17) is 5.73 Å². The van der Waals surface area contributed by atoms with Crippen LogP contribution in [0.2, 0.25) is 0 Å². The molecule has 5 heteroatoms. The number of hydrogen-bond acceptors (Lipinski definition) is 4. The molecule has 3 rings (SSSR count). The average Bonchev–Trinajstić information content (AvgIpc) is 2.89. The molecule has 5 nitrogen and oxygen atoms in total. The molecule has 1 aromatic heterocycles. The number of likely N-dealkylation sites (tertiary alicyclic amines) is 1. The first-order chi connectivity index (χ1) is 11.1. The minimum atomic E-state index is -0.0619. The van der Waals surface area contributed by atoms with Gasteiger partial charge in [-0.3, -0.25) is 9.69 Å². The highest BCUT2D eigenvalue weighted by Crippen LogP contribution is 2.20. The zero-order valence-electron chi connectivity index (χ0n) is 13.4. The summed E-state index contributed by atoms with van der Waals surface area (Å²) in [4.78, 5) is 20.7. The second-order valence-corrected chi connectivity index (χ2v) is 6.05. The molecule has 1 aliphatic rings. The van der Waals surface area contributed by atoms with E-state index in [0.29, 0.717) is 18.9 Å². The van der Waals surface area contributed by atoms with Crippen LogP contribution < -0.4 is 5.73 Å². The Balaban J connectivity index is 1.62. The molecular weight excluding hydrogens is 288 g/mol. The van der Waals surface area contributed by atoms with Crippen LogP contribution in [0.1, 0.15) is 17.5 Å². The summed E-state index contributed by atoms with van der Waals surface area (Å²) in [6, 6.07) is 13.9. The fourth-order valence-corrected chi connectivity index (χ4v) is 3.08. The number of anilines is 1. The lowest BCUT2D eigenvalue weighted by molar-refractivity contribution is -0.132. The predicted molar refractivity (Wildman–Crippen MR) is 90.4 cm³/mol. The summed E-state index contributed by atoms with van der Waals surface area (Å²) in [5, 5.41) is 0. The number of carbonyl (C=O) groups is 1. The Hall–Kier alpha value is -2.40. The summed E-state index contributed by atoms with van der Waals surface area (Å²) in [6.07, 6.45) is 2.57. The Bertz CT molecular complexity index is 674. The Morgan fingerprint density at radius 1 is 1.26 bits per heavy atom. The molecule has 0 spiro atoms. The summed E-state index contributed by atoms with van der Waals surface area (Å²) >= 11 is 0. The van der Waals surface area contributed by atoms with Crippen molar-refractivity contribution >= 4 is 11.7 Å². The molecule has 2 aromatic rings. The van der Waals surface area contributed by atoms with E-state index in [1.807, 2.05) is 42.3 Å². The lowest BCUT2D eigenvalue weighted by atomic mass is 10.2. The number of pyridine rings is 1. The number of benzene rings is 1. The van der Waals surface area contributed by atoms with Gasteiger partial charge in [0.25, 0.3) is 0 Å². The summed E-state index contributed by atoms with van der Waals surface area (Å²) in [7, 11) is 1.99. The number of nitrogen functional groups attached to an aromatic ring is 1. The molecule has 0 radical (unpaired) electrons. The van der Waals surface area contributed by atoms with Crippen LogP contribution in [0.25, 0.3) is 0 Å². The molecular formula is C18H22N4O. The minimum Gasteiger partial charge on any atom is -0.384 e. The number of nitrogens with zero attached hydrogens (tertiary/aromatic N) is 3. The van der Waals surface area contributed by atoms with Crippen LogP contribution in [0.3, 0.4) is 0 Å². The van der Waals surface area contributed by atoms with Crippen LogP contribution in [0, 0.1) is 0 Å². The van der Waals surface area contributed by atoms with Gasteiger partial charge in [-0.2, -0.15) is 0 Å². The van der Waals surface area contributed by atoms with Crippen molar-refractivity contribution in [3.8, 4) is 0 Å². The van der Waals surface area contributed by atoms with E-state index < -0.39 is 0 Å². The molecule has 0 saturated carbocycles. The van der Waals surface area contributed by atoms with E-state index in [1.165, 1.54) is 5.56 Å². The molecule has 23 heavy (non-hydrogen) atoms. The van der Waals surface area contributed by atoms with Crippen molar-refractivity contribution in [2.24, 2.45) is 0 Å². The van der Waals surface area contributed by atoms with Crippen LogP contribution in [-0.2, 0) is 17.9 Å². The number of amides is 1. The van der Waals surface area contributed by atoms with E-state index in [1.54, 1.807) is 6.20 Å². The van der Waals surface area contributed by atoms with Gasteiger partial charge in [-0.15, -0.1) is 0 Å². The van der Waals surface area contributed by atoms with E-state index in [-0.39, 0.29) is 11.9 Å². The van der Waals surface area contributed by atoms with Crippen molar-refractivity contribution in [1.29, 1.82) is 0 Å². The van der Waals surface area contributed by atoms with Crippen molar-refractivity contribution in [1.82, 2.24) is 14.8 Å². The van der Waals surface area contributed by atoms with Crippen molar-refractivity contribution < 1.29 is 4.79 Å². The zero-order valence-corrected chi connectivity index (χ0v) is 13.4. The lowest BCUT2D eigenvalue weighted by Crippen LogP contribution is -2.39. The number of rotatable bonds is 5. The van der Waals surface area contributed by atoms with Gasteiger partial charge in [0.2, 0.25) is 5.91 Å². The van der Waals surface area contributed by atoms with Crippen molar-refractivity contribution in [2.75, 3.05) is 19.3 Å². The molecule has 1 aliphatic heterocycles. The molecule has 0 unspecified atom stereocenters. The van der Waals surface area contributed by atoms with E-state index >= 15 is 0 Å². The predicted octanol–water partition coefficient (Wildman–Crippen LogP) is 1.90. The van der Waals surface area contributed by atoms with Crippen LogP contribution in [0.5, 0.6) is 0 Å². The third-order valence-electron chi connectivity index (χ3n) is 4.29. The second-order valence-electron chi connectivity index (χ2n) is 6.05. The van der Waals surface area contributed by atoms with Gasteiger partial charge < -0.3 is 10.6 Å². The van der Waals surface area contributed by atoms with E-state index in [0.717, 1.165) is 18.5 Å². The number of nitrogens with two attached hydrogens (primary N) is 1. The maximum Gasteiger partial charge on any atom is 0.240 e. The quantitative estimate of drug-likeness (QED) is 0.916. The summed E-state index contributed by atoms with van der Waals surface area (Å²) in [5.74, 6) is 0.720. The molecule has 1 amide bonds.